The van der Waals surface area contributed by atoms with Crippen LogP contribution in [0.4, 0.5) is 10.1 Å². The van der Waals surface area contributed by atoms with Crippen LogP contribution >= 0.6 is 0 Å². The second-order valence-corrected chi connectivity index (χ2v) is 8.56. The summed E-state index contributed by atoms with van der Waals surface area (Å²) in [7, 11) is 0. The zero-order valence-corrected chi connectivity index (χ0v) is 17.0. The average molecular weight is 394 g/mol. The highest BCUT2D eigenvalue weighted by molar-refractivity contribution is 5.97. The van der Waals surface area contributed by atoms with Crippen molar-refractivity contribution in [1.82, 2.24) is 4.98 Å². The lowest BCUT2D eigenvalue weighted by Gasteiger charge is -2.30. The predicted octanol–water partition coefficient (Wildman–Crippen LogP) is 4.46. The highest BCUT2D eigenvalue weighted by Gasteiger charge is 2.36. The molecule has 1 aromatic carbocycles. The second-order valence-electron chi connectivity index (χ2n) is 8.56. The fourth-order valence-corrected chi connectivity index (χ4v) is 4.21. The van der Waals surface area contributed by atoms with Crippen LogP contribution in [0.2, 0.25) is 0 Å². The van der Waals surface area contributed by atoms with Crippen LogP contribution < -0.4 is 4.90 Å². The number of hydrogen-bond acceptors (Lipinski definition) is 3. The van der Waals surface area contributed by atoms with Crippen molar-refractivity contribution in [3.63, 3.8) is 0 Å². The van der Waals surface area contributed by atoms with E-state index in [4.69, 9.17) is 4.98 Å². The number of Topliss-reactive ketones (excluding diaryl/α,β-unsaturated/α-hetero) is 1. The molecule has 1 atom stereocenters. The smallest absolute Gasteiger partial charge is 0.230 e. The predicted molar refractivity (Wildman–Crippen MR) is 110 cm³/mol. The van der Waals surface area contributed by atoms with E-state index in [0.717, 1.165) is 54.9 Å². The third-order valence-corrected chi connectivity index (χ3v) is 5.87. The minimum atomic E-state index is -0.320. The van der Waals surface area contributed by atoms with E-state index < -0.39 is 0 Å². The van der Waals surface area contributed by atoms with E-state index in [1.54, 1.807) is 12.1 Å². The number of carbonyl (C=O) groups excluding carboxylic acids is 2. The van der Waals surface area contributed by atoms with Gasteiger partial charge in [-0.2, -0.15) is 0 Å². The lowest BCUT2D eigenvalue weighted by Crippen LogP contribution is -2.37. The fraction of sp³-hybridized carbons (Fsp3) is 0.458. The van der Waals surface area contributed by atoms with Crippen LogP contribution in [0.25, 0.3) is 0 Å². The van der Waals surface area contributed by atoms with Crippen LogP contribution in [0.1, 0.15) is 56.0 Å². The molecule has 4 nitrogen and oxygen atoms in total. The summed E-state index contributed by atoms with van der Waals surface area (Å²) in [5, 5.41) is 0. The zero-order valence-electron chi connectivity index (χ0n) is 17.0. The van der Waals surface area contributed by atoms with Gasteiger partial charge in [0.25, 0.3) is 0 Å². The Morgan fingerprint density at radius 1 is 1.14 bits per heavy atom. The van der Waals surface area contributed by atoms with Gasteiger partial charge in [0.2, 0.25) is 5.91 Å². The number of benzene rings is 1. The van der Waals surface area contributed by atoms with Gasteiger partial charge in [-0.3, -0.25) is 14.6 Å². The molecule has 29 heavy (non-hydrogen) atoms. The summed E-state index contributed by atoms with van der Waals surface area (Å²) < 4.78 is 13.2. The van der Waals surface area contributed by atoms with E-state index in [1.165, 1.54) is 12.1 Å². The molecular formula is C24H27FN2O2. The molecule has 0 spiro atoms. The van der Waals surface area contributed by atoms with Crippen molar-refractivity contribution in [3.8, 4) is 0 Å². The molecule has 0 saturated heterocycles. The van der Waals surface area contributed by atoms with Gasteiger partial charge in [-0.25, -0.2) is 4.39 Å². The first kappa shape index (κ1) is 19.7. The molecule has 0 bridgehead atoms. The SMILES string of the molecule is CC(C)C(C(=O)Cc1ccc(F)cc1)c1ccc2c(n1)CCCN2C(=O)C1CC1. The first-order chi connectivity index (χ1) is 13.9. The van der Waals surface area contributed by atoms with E-state index in [0.29, 0.717) is 0 Å². The molecule has 1 aliphatic heterocycles. The maximum absolute atomic E-state index is 13.2. The Bertz CT molecular complexity index is 919. The summed E-state index contributed by atoms with van der Waals surface area (Å²) in [6.45, 7) is 4.80. The minimum Gasteiger partial charge on any atom is -0.310 e. The number of pyridine rings is 1. The van der Waals surface area contributed by atoms with Crippen LogP contribution in [0.5, 0.6) is 0 Å². The van der Waals surface area contributed by atoms with Gasteiger partial charge in [-0.15, -0.1) is 0 Å². The first-order valence-electron chi connectivity index (χ1n) is 10.5. The number of aryl methyl sites for hydroxylation is 1. The number of anilines is 1. The third kappa shape index (κ3) is 4.24. The molecule has 1 fully saturated rings. The van der Waals surface area contributed by atoms with Gasteiger partial charge in [0, 0.05) is 18.9 Å². The van der Waals surface area contributed by atoms with E-state index in [2.05, 4.69) is 0 Å². The summed E-state index contributed by atoms with van der Waals surface area (Å²) in [4.78, 5) is 32.4. The number of fused-ring (bicyclic) bond motifs is 1. The number of carbonyl (C=O) groups is 2. The Hall–Kier alpha value is -2.56. The van der Waals surface area contributed by atoms with Gasteiger partial charge in [-0.1, -0.05) is 26.0 Å². The van der Waals surface area contributed by atoms with Crippen LogP contribution in [0, 0.1) is 17.7 Å². The number of amides is 1. The zero-order chi connectivity index (χ0) is 20.5. The van der Waals surface area contributed by atoms with Crippen LogP contribution in [-0.2, 0) is 22.4 Å². The Morgan fingerprint density at radius 3 is 2.52 bits per heavy atom. The number of ketones is 1. The van der Waals surface area contributed by atoms with Crippen molar-refractivity contribution < 1.29 is 14.0 Å². The van der Waals surface area contributed by atoms with Crippen molar-refractivity contribution in [2.24, 2.45) is 11.8 Å². The topological polar surface area (TPSA) is 50.3 Å². The summed E-state index contributed by atoms with van der Waals surface area (Å²) >= 11 is 0. The molecule has 5 heteroatoms. The lowest BCUT2D eigenvalue weighted by atomic mass is 9.85. The van der Waals surface area contributed by atoms with Crippen molar-refractivity contribution in [2.45, 2.75) is 51.9 Å². The highest BCUT2D eigenvalue weighted by Crippen LogP contribution is 2.36. The van der Waals surface area contributed by atoms with E-state index in [1.807, 2.05) is 30.9 Å². The number of aromatic nitrogens is 1. The Morgan fingerprint density at radius 2 is 1.86 bits per heavy atom. The number of halogens is 1. The lowest BCUT2D eigenvalue weighted by molar-refractivity contribution is -0.121. The summed E-state index contributed by atoms with van der Waals surface area (Å²) in [5.41, 5.74) is 3.40. The molecule has 152 valence electrons. The van der Waals surface area contributed by atoms with Crippen LogP contribution in [0.3, 0.4) is 0 Å². The maximum atomic E-state index is 13.2. The molecule has 0 N–H and O–H groups in total. The van der Waals surface area contributed by atoms with Gasteiger partial charge in [0.15, 0.2) is 0 Å². The Kier molecular flexibility index (Phi) is 5.48. The molecule has 2 aromatic rings. The molecule has 0 radical (unpaired) electrons. The van der Waals surface area contributed by atoms with Crippen molar-refractivity contribution in [1.29, 1.82) is 0 Å². The third-order valence-electron chi connectivity index (χ3n) is 5.87. The molecule has 4 rings (SSSR count). The Balaban J connectivity index is 1.58. The minimum absolute atomic E-state index is 0.0841. The number of nitrogens with zero attached hydrogens (tertiary/aromatic N) is 2. The molecule has 1 unspecified atom stereocenters. The molecule has 1 amide bonds. The molecular weight excluding hydrogens is 367 g/mol. The fourth-order valence-electron chi connectivity index (χ4n) is 4.21. The van der Waals surface area contributed by atoms with Gasteiger partial charge in [-0.05, 0) is 61.4 Å². The highest BCUT2D eigenvalue weighted by atomic mass is 19.1. The second kappa shape index (κ2) is 8.05. The van der Waals surface area contributed by atoms with Crippen molar-refractivity contribution >= 4 is 17.4 Å². The summed E-state index contributed by atoms with van der Waals surface area (Å²) in [5.74, 6) is -0.0418. The van der Waals surface area contributed by atoms with Gasteiger partial charge in [0.05, 0.1) is 23.0 Å². The molecule has 1 saturated carbocycles. The standard InChI is InChI=1S/C24H27FN2O2/c1-15(2)23(22(28)14-16-5-9-18(25)10-6-16)20-11-12-21-19(26-20)4-3-13-27(21)24(29)17-7-8-17/h5-6,9-12,15,17,23H,3-4,7-8,13-14H2,1-2H3. The summed E-state index contributed by atoms with van der Waals surface area (Å²) in [6, 6.07) is 9.96. The normalized spacial score (nSPS) is 17.2. The van der Waals surface area contributed by atoms with Crippen LogP contribution in [-0.4, -0.2) is 23.2 Å². The Labute approximate surface area is 171 Å². The van der Waals surface area contributed by atoms with Gasteiger partial charge in [0.1, 0.15) is 11.6 Å². The van der Waals surface area contributed by atoms with Crippen LogP contribution in [0.15, 0.2) is 36.4 Å². The summed E-state index contributed by atoms with van der Waals surface area (Å²) in [6.07, 6.45) is 3.97. The van der Waals surface area contributed by atoms with Gasteiger partial charge >= 0.3 is 0 Å². The molecule has 2 aliphatic rings. The first-order valence-corrected chi connectivity index (χ1v) is 10.5. The maximum Gasteiger partial charge on any atom is 0.230 e. The number of hydrogen-bond donors (Lipinski definition) is 0. The van der Waals surface area contributed by atoms with Crippen molar-refractivity contribution in [3.05, 3.63) is 59.2 Å². The van der Waals surface area contributed by atoms with Crippen molar-refractivity contribution in [2.75, 3.05) is 11.4 Å². The number of rotatable bonds is 6. The van der Waals surface area contributed by atoms with E-state index in [-0.39, 0.29) is 41.7 Å². The monoisotopic (exact) mass is 394 g/mol. The largest absolute Gasteiger partial charge is 0.310 e. The van der Waals surface area contributed by atoms with Gasteiger partial charge < -0.3 is 4.90 Å². The van der Waals surface area contributed by atoms with E-state index in [9.17, 15) is 14.0 Å². The molecule has 1 aromatic heterocycles. The van der Waals surface area contributed by atoms with E-state index >= 15 is 0 Å². The average Bonchev–Trinajstić information content (AvgIpc) is 3.54. The quantitative estimate of drug-likeness (QED) is 0.727. The molecule has 1 aliphatic carbocycles. The molecule has 2 heterocycles.